The Labute approximate surface area is 124 Å². The normalized spacial score (nSPS) is 13.2. The summed E-state index contributed by atoms with van der Waals surface area (Å²) in [7, 11) is 0. The zero-order chi connectivity index (χ0) is 15.4. The first kappa shape index (κ1) is 15.0. The van der Waals surface area contributed by atoms with Crippen LogP contribution >= 0.6 is 0 Å². The first-order chi connectivity index (χ1) is 10.0. The van der Waals surface area contributed by atoms with Gasteiger partial charge in [-0.25, -0.2) is 5.43 Å². The number of aromatic hydroxyl groups is 1. The van der Waals surface area contributed by atoms with Crippen LogP contribution in [0.2, 0.25) is 0 Å². The maximum atomic E-state index is 12.1. The Morgan fingerprint density at radius 3 is 2.52 bits per heavy atom. The lowest BCUT2D eigenvalue weighted by atomic mass is 10.0. The number of nitrogens with one attached hydrogen (secondary N) is 1. The summed E-state index contributed by atoms with van der Waals surface area (Å²) in [4.78, 5) is 12.1. The second-order valence-electron chi connectivity index (χ2n) is 5.22. The van der Waals surface area contributed by atoms with Gasteiger partial charge in [0.15, 0.2) is 0 Å². The summed E-state index contributed by atoms with van der Waals surface area (Å²) in [6, 6.07) is 10.8. The Balaban J connectivity index is 2.25. The van der Waals surface area contributed by atoms with Crippen molar-refractivity contribution < 1.29 is 9.90 Å². The molecule has 1 atom stereocenters. The van der Waals surface area contributed by atoms with Crippen molar-refractivity contribution >= 4 is 22.4 Å². The minimum absolute atomic E-state index is 0.0393. The van der Waals surface area contributed by atoms with E-state index in [9.17, 15) is 9.90 Å². The first-order valence-electron chi connectivity index (χ1n) is 7.09. The van der Waals surface area contributed by atoms with E-state index in [0.717, 1.165) is 22.9 Å². The quantitative estimate of drug-likeness (QED) is 0.664. The van der Waals surface area contributed by atoms with E-state index in [1.54, 1.807) is 12.1 Å². The molecule has 2 aromatic rings. The molecule has 0 aliphatic heterocycles. The molecule has 0 unspecified atom stereocenters. The fraction of sp³-hybridized carbons (Fsp3) is 0.294. The lowest BCUT2D eigenvalue weighted by molar-refractivity contribution is 0.0952. The van der Waals surface area contributed by atoms with Crippen LogP contribution in [0.5, 0.6) is 5.75 Å². The van der Waals surface area contributed by atoms with Crippen LogP contribution < -0.4 is 5.43 Å². The number of rotatable bonds is 4. The van der Waals surface area contributed by atoms with Gasteiger partial charge in [-0.2, -0.15) is 5.10 Å². The Bertz CT molecular complexity index is 692. The number of nitrogens with zero attached hydrogens (tertiary/aromatic N) is 1. The van der Waals surface area contributed by atoms with Crippen LogP contribution in [0.15, 0.2) is 41.5 Å². The number of phenolic OH excluding ortho intramolecular Hbond substituents is 1. The average Bonchev–Trinajstić information content (AvgIpc) is 2.50. The monoisotopic (exact) mass is 284 g/mol. The molecule has 21 heavy (non-hydrogen) atoms. The van der Waals surface area contributed by atoms with Crippen molar-refractivity contribution in [3.63, 3.8) is 0 Å². The molecule has 0 aliphatic carbocycles. The molecule has 0 aromatic heterocycles. The van der Waals surface area contributed by atoms with Crippen LogP contribution in [0.1, 0.15) is 37.6 Å². The van der Waals surface area contributed by atoms with E-state index >= 15 is 0 Å². The molecular formula is C17H20N2O2. The van der Waals surface area contributed by atoms with Gasteiger partial charge in [0, 0.05) is 5.71 Å². The van der Waals surface area contributed by atoms with Gasteiger partial charge in [0.25, 0.3) is 5.91 Å². The largest absolute Gasteiger partial charge is 0.507 e. The third-order valence-electron chi connectivity index (χ3n) is 3.77. The Kier molecular flexibility index (Phi) is 4.58. The maximum Gasteiger partial charge on any atom is 0.275 e. The van der Waals surface area contributed by atoms with Crippen molar-refractivity contribution in [2.45, 2.75) is 27.2 Å². The van der Waals surface area contributed by atoms with Gasteiger partial charge in [0.1, 0.15) is 5.75 Å². The summed E-state index contributed by atoms with van der Waals surface area (Å²) in [5, 5.41) is 15.9. The highest BCUT2D eigenvalue weighted by atomic mass is 16.3. The Hall–Kier alpha value is -2.36. The van der Waals surface area contributed by atoms with Crippen molar-refractivity contribution in [3.8, 4) is 5.75 Å². The molecule has 1 amide bonds. The van der Waals surface area contributed by atoms with Gasteiger partial charge in [-0.05, 0) is 42.2 Å². The van der Waals surface area contributed by atoms with E-state index in [1.807, 2.05) is 31.2 Å². The van der Waals surface area contributed by atoms with Crippen molar-refractivity contribution in [2.75, 3.05) is 0 Å². The number of hydrogen-bond donors (Lipinski definition) is 2. The van der Waals surface area contributed by atoms with Crippen LogP contribution in [-0.4, -0.2) is 16.7 Å². The van der Waals surface area contributed by atoms with E-state index in [-0.39, 0.29) is 11.3 Å². The van der Waals surface area contributed by atoms with Gasteiger partial charge in [0.2, 0.25) is 0 Å². The Morgan fingerprint density at radius 1 is 1.29 bits per heavy atom. The zero-order valence-corrected chi connectivity index (χ0v) is 12.6. The average molecular weight is 284 g/mol. The molecule has 0 radical (unpaired) electrons. The van der Waals surface area contributed by atoms with E-state index < -0.39 is 5.91 Å². The lowest BCUT2D eigenvalue weighted by Gasteiger charge is -2.09. The van der Waals surface area contributed by atoms with E-state index in [2.05, 4.69) is 24.4 Å². The molecule has 0 spiro atoms. The summed E-state index contributed by atoms with van der Waals surface area (Å²) in [6.45, 7) is 6.01. The third kappa shape index (κ3) is 3.40. The van der Waals surface area contributed by atoms with E-state index in [1.165, 1.54) is 0 Å². The van der Waals surface area contributed by atoms with Crippen molar-refractivity contribution in [1.29, 1.82) is 0 Å². The summed E-state index contributed by atoms with van der Waals surface area (Å²) in [5.74, 6) is -0.126. The second-order valence-corrected chi connectivity index (χ2v) is 5.22. The van der Waals surface area contributed by atoms with Crippen molar-refractivity contribution in [3.05, 3.63) is 42.0 Å². The molecule has 0 saturated heterocycles. The minimum atomic E-state index is -0.402. The highest BCUT2D eigenvalue weighted by Gasteiger charge is 2.12. The number of fused-ring (bicyclic) bond motifs is 1. The number of hydrazone groups is 1. The molecule has 110 valence electrons. The standard InChI is InChI=1S/C17H20N2O2/c1-4-11(2)12(3)18-19-17(21)15-9-13-7-5-6-8-14(13)10-16(15)20/h5-11,20H,4H2,1-3H3,(H,19,21)/b18-12-/t11-/m1/s1. The van der Waals surface area contributed by atoms with Crippen LogP contribution in [0.4, 0.5) is 0 Å². The molecule has 2 aromatic carbocycles. The van der Waals surface area contributed by atoms with Gasteiger partial charge >= 0.3 is 0 Å². The highest BCUT2D eigenvalue weighted by molar-refractivity contribution is 6.02. The summed E-state index contributed by atoms with van der Waals surface area (Å²) in [5.41, 5.74) is 3.61. The third-order valence-corrected chi connectivity index (χ3v) is 3.77. The number of amides is 1. The first-order valence-corrected chi connectivity index (χ1v) is 7.09. The SMILES string of the molecule is CC[C@@H](C)/C(C)=N\NC(=O)c1cc2ccccc2cc1O. The number of carbonyl (C=O) groups is 1. The van der Waals surface area contributed by atoms with Crippen LogP contribution in [0.25, 0.3) is 10.8 Å². The molecule has 4 heteroatoms. The molecule has 0 heterocycles. The fourth-order valence-corrected chi connectivity index (χ4v) is 2.01. The summed E-state index contributed by atoms with van der Waals surface area (Å²) < 4.78 is 0. The number of hydrogen-bond acceptors (Lipinski definition) is 3. The van der Waals surface area contributed by atoms with Gasteiger partial charge in [-0.15, -0.1) is 0 Å². The molecule has 2 rings (SSSR count). The topological polar surface area (TPSA) is 61.7 Å². The molecule has 0 saturated carbocycles. The Morgan fingerprint density at radius 2 is 1.90 bits per heavy atom. The predicted molar refractivity (Wildman–Crippen MR) is 85.6 cm³/mol. The van der Waals surface area contributed by atoms with Crippen LogP contribution in [-0.2, 0) is 0 Å². The molecule has 0 bridgehead atoms. The van der Waals surface area contributed by atoms with Crippen molar-refractivity contribution in [2.24, 2.45) is 11.0 Å². The van der Waals surface area contributed by atoms with Gasteiger partial charge < -0.3 is 5.11 Å². The molecule has 0 fully saturated rings. The smallest absolute Gasteiger partial charge is 0.275 e. The van der Waals surface area contributed by atoms with Gasteiger partial charge in [0.05, 0.1) is 5.56 Å². The van der Waals surface area contributed by atoms with Gasteiger partial charge in [-0.3, -0.25) is 4.79 Å². The van der Waals surface area contributed by atoms with Gasteiger partial charge in [-0.1, -0.05) is 38.1 Å². The predicted octanol–water partition coefficient (Wildman–Crippen LogP) is 3.70. The molecule has 4 nitrogen and oxygen atoms in total. The summed E-state index contributed by atoms with van der Waals surface area (Å²) in [6.07, 6.45) is 0.965. The zero-order valence-electron chi connectivity index (χ0n) is 12.6. The van der Waals surface area contributed by atoms with Crippen molar-refractivity contribution in [1.82, 2.24) is 5.43 Å². The molecular weight excluding hydrogens is 264 g/mol. The number of phenols is 1. The highest BCUT2D eigenvalue weighted by Crippen LogP contribution is 2.24. The second kappa shape index (κ2) is 6.39. The minimum Gasteiger partial charge on any atom is -0.507 e. The molecule has 0 aliphatic rings. The fourth-order valence-electron chi connectivity index (χ4n) is 2.01. The molecule has 2 N–H and O–H groups in total. The van der Waals surface area contributed by atoms with E-state index in [4.69, 9.17) is 0 Å². The number of benzene rings is 2. The van der Waals surface area contributed by atoms with Crippen LogP contribution in [0.3, 0.4) is 0 Å². The number of carbonyl (C=O) groups excluding carboxylic acids is 1. The van der Waals surface area contributed by atoms with Crippen LogP contribution in [0, 0.1) is 5.92 Å². The lowest BCUT2D eigenvalue weighted by Crippen LogP contribution is -2.21. The van der Waals surface area contributed by atoms with E-state index in [0.29, 0.717) is 5.92 Å². The maximum absolute atomic E-state index is 12.1. The summed E-state index contributed by atoms with van der Waals surface area (Å²) >= 11 is 0.